The second-order valence-electron chi connectivity index (χ2n) is 28.5. The Labute approximate surface area is 607 Å². The zero-order chi connectivity index (χ0) is 74.2. The summed E-state index contributed by atoms with van der Waals surface area (Å²) >= 11 is 0. The molecule has 23 heteroatoms. The van der Waals surface area contributed by atoms with E-state index in [-0.39, 0.29) is 120 Å². The van der Waals surface area contributed by atoms with Crippen molar-refractivity contribution in [1.29, 1.82) is 0 Å². The van der Waals surface area contributed by atoms with Crippen LogP contribution in [0.1, 0.15) is 161 Å². The molecule has 4 fully saturated rings. The van der Waals surface area contributed by atoms with E-state index in [1.54, 1.807) is 52.9 Å². The van der Waals surface area contributed by atoms with Crippen LogP contribution in [0.25, 0.3) is 0 Å². The van der Waals surface area contributed by atoms with E-state index in [4.69, 9.17) is 47.5 Å². The van der Waals surface area contributed by atoms with Crippen molar-refractivity contribution in [3.8, 4) is 11.8 Å². The molecule has 0 radical (unpaired) electrons. The van der Waals surface area contributed by atoms with Crippen LogP contribution in [0.2, 0.25) is 0 Å². The molecule has 3 N–H and O–H groups in total. The number of anilines is 1. The molecule has 1 saturated carbocycles. The Morgan fingerprint density at radius 2 is 1.43 bits per heavy atom. The molecule has 0 spiro atoms. The molecule has 6 aliphatic rings. The Morgan fingerprint density at radius 1 is 0.728 bits per heavy atom. The number of methoxy groups -OCH3 is 3. The normalized spacial score (nSPS) is 31.4. The Hall–Kier alpha value is -7.08. The fourth-order valence-corrected chi connectivity index (χ4v) is 15.2. The molecule has 8 rings (SSSR count). The van der Waals surface area contributed by atoms with Gasteiger partial charge in [0.2, 0.25) is 17.6 Å². The van der Waals surface area contributed by atoms with Gasteiger partial charge in [-0.15, -0.1) is 0 Å². The van der Waals surface area contributed by atoms with Crippen molar-refractivity contribution in [2.45, 2.75) is 205 Å². The van der Waals surface area contributed by atoms with Gasteiger partial charge in [-0.25, -0.2) is 10.3 Å². The number of ether oxygens (including phenoxy) is 9. The molecular formula is C80H109N3O20. The molecule has 2 aromatic rings. The summed E-state index contributed by atoms with van der Waals surface area (Å²) in [5.41, 5.74) is 7.08. The Balaban J connectivity index is 0.794. The SMILES string of the molecule is CO[C@H]1C[C@@H]2CC[C@@H](C)[C@@](O)(O2)C(=O)C(=O)N2CCC[C@@H]3C(C[C@@H]4CC[C@@H](OC(=O)CCOCCOCCOCCONC(=O)CCCCC(=O)N5Cc6ccccc6C#Cc6ccccc65)[C@H](OC)C4)[C@H](CC(=O)[C@H](C)/C=C(\C)[C@@H](O)[C@@H](OC)C(=O)[C@H](C)C[C@H](C)/C=C/C=C/C=C/1C)OC(=O)[C@H]32. The number of benzene rings is 2. The number of rotatable bonds is 24. The second-order valence-corrected chi connectivity index (χ2v) is 28.5. The van der Waals surface area contributed by atoms with Gasteiger partial charge < -0.3 is 62.6 Å². The molecule has 16 atom stereocenters. The lowest BCUT2D eigenvalue weighted by Gasteiger charge is -2.50. The first-order chi connectivity index (χ1) is 49.5. The third-order valence-corrected chi connectivity index (χ3v) is 21.1. The van der Waals surface area contributed by atoms with E-state index >= 15 is 0 Å². The minimum Gasteiger partial charge on any atom is -0.460 e. The smallest absolute Gasteiger partial charge is 0.329 e. The van der Waals surface area contributed by atoms with Crippen LogP contribution in [0, 0.1) is 53.3 Å². The first kappa shape index (κ1) is 81.6. The fraction of sp³-hybridized carbons (Fsp3) is 0.625. The molecule has 23 nitrogen and oxygen atoms in total. The molecule has 3 saturated heterocycles. The number of nitrogens with one attached hydrogen (secondary N) is 1. The van der Waals surface area contributed by atoms with E-state index in [0.29, 0.717) is 82.7 Å². The summed E-state index contributed by atoms with van der Waals surface area (Å²) in [6.45, 7) is 12.6. The number of carbonyl (C=O) groups is 8. The molecule has 5 heterocycles. The van der Waals surface area contributed by atoms with Gasteiger partial charge in [0.15, 0.2) is 5.78 Å². The Bertz CT molecular complexity index is 3410. The number of piperidine rings is 1. The number of Topliss-reactive ketones (excluding diaryl/α,β-unsaturated/α-hetero) is 3. The molecule has 564 valence electrons. The highest BCUT2D eigenvalue weighted by molar-refractivity contribution is 6.39. The van der Waals surface area contributed by atoms with Gasteiger partial charge in [0, 0.05) is 88.4 Å². The van der Waals surface area contributed by atoms with Crippen LogP contribution in [0.15, 0.2) is 96.1 Å². The van der Waals surface area contributed by atoms with E-state index in [1.807, 2.05) is 92.8 Å². The average molecular weight is 1430 g/mol. The maximum absolute atomic E-state index is 14.8. The van der Waals surface area contributed by atoms with Crippen molar-refractivity contribution >= 4 is 52.7 Å². The van der Waals surface area contributed by atoms with Crippen LogP contribution in [0.4, 0.5) is 5.69 Å². The number of amides is 3. The molecule has 2 aromatic carbocycles. The van der Waals surface area contributed by atoms with Crippen LogP contribution in [0.5, 0.6) is 0 Å². The average Bonchev–Trinajstić information content (AvgIpc) is 0.753. The topological polar surface area (TPSA) is 288 Å². The number of ketones is 3. The van der Waals surface area contributed by atoms with Crippen molar-refractivity contribution in [2.24, 2.45) is 41.4 Å². The number of hydrogen-bond donors (Lipinski definition) is 3. The number of fused-ring (bicyclic) bond motifs is 6. The number of carbonyl (C=O) groups excluding carboxylic acids is 8. The highest BCUT2D eigenvalue weighted by Gasteiger charge is 2.57. The number of aliphatic hydroxyl groups excluding tert-OH is 1. The number of allylic oxidation sites excluding steroid dienone is 6. The predicted octanol–water partition coefficient (Wildman–Crippen LogP) is 8.95. The van der Waals surface area contributed by atoms with Gasteiger partial charge in [0.1, 0.15) is 36.2 Å². The number of unbranched alkanes of at least 4 members (excludes halogenated alkanes) is 1. The number of hydroxylamine groups is 1. The van der Waals surface area contributed by atoms with Crippen LogP contribution < -0.4 is 10.4 Å². The van der Waals surface area contributed by atoms with Crippen molar-refractivity contribution in [3.63, 3.8) is 0 Å². The summed E-state index contributed by atoms with van der Waals surface area (Å²) in [7, 11) is 4.49. The number of nitrogens with zero attached hydrogens (tertiary/aromatic N) is 2. The molecule has 103 heavy (non-hydrogen) atoms. The standard InChI is InChI=1S/C80H109N3O20/c1-51-20-11-10-12-21-52(2)67(94-7)48-61-33-29-56(6)80(93,103-61)77(90)78(91)82-36-19-25-62-63(68(102-79(92)73(62)82)49-65(84)53(3)45-55(5)75(89)76(96-9)74(88)54(4)44-51)46-57-30-34-66(69(47-57)95-8)101-72(87)35-37-97-38-39-98-40-41-99-42-43-100-81-70(85)27-17-18-28-71(86)83-50-60-24-14-13-22-58(60)31-32-59-23-15-16-26-64(59)83/h10-16,20-24,26,45,51,53-54,56-57,61-63,66-69,73,75-76,89,93H,17-19,25,27-30,33-44,46-50H2,1-9H3,(H,81,85)/b12-10+,20-11+,52-21+,55-45+/t51-,53-,54-,56-,57+,61+,62-,63?,66-,67+,68+,69-,73+,75-,76+,80-/m1/s1. The first-order valence-corrected chi connectivity index (χ1v) is 36.9. The van der Waals surface area contributed by atoms with E-state index in [0.717, 1.165) is 28.0 Å². The third kappa shape index (κ3) is 22.7. The summed E-state index contributed by atoms with van der Waals surface area (Å²) in [6.07, 6.45) is 11.1. The number of aliphatic hydroxyl groups is 2. The number of para-hydroxylation sites is 1. The minimum atomic E-state index is -2.50. The molecule has 0 aromatic heterocycles. The molecule has 4 bridgehead atoms. The van der Waals surface area contributed by atoms with Crippen molar-refractivity contribution in [1.82, 2.24) is 10.4 Å². The predicted molar refractivity (Wildman–Crippen MR) is 382 cm³/mol. The minimum absolute atomic E-state index is 0.0133. The van der Waals surface area contributed by atoms with Gasteiger partial charge in [-0.3, -0.25) is 38.4 Å². The Morgan fingerprint density at radius 3 is 2.17 bits per heavy atom. The lowest BCUT2D eigenvalue weighted by Crippen LogP contribution is -2.65. The number of hydrogen-bond acceptors (Lipinski definition) is 20. The lowest BCUT2D eigenvalue weighted by molar-refractivity contribution is -0.266. The maximum Gasteiger partial charge on any atom is 0.329 e. The van der Waals surface area contributed by atoms with Crippen LogP contribution in [0.3, 0.4) is 0 Å². The largest absolute Gasteiger partial charge is 0.460 e. The maximum atomic E-state index is 14.8. The zero-order valence-corrected chi connectivity index (χ0v) is 61.6. The van der Waals surface area contributed by atoms with E-state index in [1.165, 1.54) is 12.0 Å². The zero-order valence-electron chi connectivity index (χ0n) is 61.6. The molecule has 3 amide bonds. The van der Waals surface area contributed by atoms with E-state index < -0.39 is 108 Å². The second kappa shape index (κ2) is 40.4. The van der Waals surface area contributed by atoms with Crippen molar-refractivity contribution < 1.29 is 96.0 Å². The van der Waals surface area contributed by atoms with Crippen LogP contribution >= 0.6 is 0 Å². The van der Waals surface area contributed by atoms with Gasteiger partial charge in [0.25, 0.3) is 11.7 Å². The highest BCUT2D eigenvalue weighted by Crippen LogP contribution is 2.46. The summed E-state index contributed by atoms with van der Waals surface area (Å²) < 4.78 is 52.9. The highest BCUT2D eigenvalue weighted by atomic mass is 16.7. The van der Waals surface area contributed by atoms with Crippen LogP contribution in [-0.2, 0) is 92.4 Å². The van der Waals surface area contributed by atoms with Gasteiger partial charge >= 0.3 is 11.9 Å². The van der Waals surface area contributed by atoms with Gasteiger partial charge in [-0.2, -0.15) is 0 Å². The quantitative estimate of drug-likeness (QED) is 0.0221. The number of esters is 2. The summed E-state index contributed by atoms with van der Waals surface area (Å²) in [5, 5.41) is 23.8. The lowest BCUT2D eigenvalue weighted by atomic mass is 9.68. The van der Waals surface area contributed by atoms with Crippen molar-refractivity contribution in [3.05, 3.63) is 113 Å². The third-order valence-electron chi connectivity index (χ3n) is 21.1. The fourth-order valence-electron chi connectivity index (χ4n) is 15.2. The summed E-state index contributed by atoms with van der Waals surface area (Å²) in [6, 6.07) is 14.2. The Kier molecular flexibility index (Phi) is 32.0. The monoisotopic (exact) mass is 1430 g/mol. The summed E-state index contributed by atoms with van der Waals surface area (Å²) in [5.74, 6) is -3.59. The first-order valence-electron chi connectivity index (χ1n) is 36.9. The van der Waals surface area contributed by atoms with Gasteiger partial charge in [-0.1, -0.05) is 106 Å². The van der Waals surface area contributed by atoms with Gasteiger partial charge in [-0.05, 0) is 137 Å². The van der Waals surface area contributed by atoms with Crippen molar-refractivity contribution in [2.75, 3.05) is 79.0 Å². The van der Waals surface area contributed by atoms with E-state index in [9.17, 15) is 48.6 Å². The van der Waals surface area contributed by atoms with E-state index in [2.05, 4.69) is 17.3 Å². The molecular weight excluding hydrogens is 1320 g/mol. The summed E-state index contributed by atoms with van der Waals surface area (Å²) in [4.78, 5) is 120. The molecule has 1 unspecified atom stereocenters. The molecule has 1 aliphatic carbocycles. The molecule has 5 aliphatic heterocycles. The van der Waals surface area contributed by atoms with Gasteiger partial charge in [0.05, 0.1) is 83.2 Å². The van der Waals surface area contributed by atoms with Crippen LogP contribution in [-0.4, -0.2) is 191 Å².